The van der Waals surface area contributed by atoms with E-state index in [2.05, 4.69) is 10.6 Å². The first kappa shape index (κ1) is 21.8. The third-order valence-electron chi connectivity index (χ3n) is 5.35. The highest BCUT2D eigenvalue weighted by molar-refractivity contribution is 7.09. The van der Waals surface area contributed by atoms with Crippen LogP contribution in [0.2, 0.25) is 0 Å². The Kier molecular flexibility index (Phi) is 7.00. The molecule has 1 fully saturated rings. The number of benzene rings is 1. The second kappa shape index (κ2) is 10.3. The van der Waals surface area contributed by atoms with Crippen LogP contribution in [0.4, 0.5) is 0 Å². The molecule has 1 aliphatic rings. The van der Waals surface area contributed by atoms with Gasteiger partial charge in [-0.25, -0.2) is 0 Å². The highest BCUT2D eigenvalue weighted by Crippen LogP contribution is 2.24. The maximum atomic E-state index is 12.5. The van der Waals surface area contributed by atoms with Gasteiger partial charge in [0.2, 0.25) is 5.91 Å². The first-order valence-corrected chi connectivity index (χ1v) is 11.4. The lowest BCUT2D eigenvalue weighted by Crippen LogP contribution is -2.34. The van der Waals surface area contributed by atoms with Crippen LogP contribution in [-0.2, 0) is 27.4 Å². The van der Waals surface area contributed by atoms with Crippen molar-refractivity contribution < 1.29 is 14.3 Å². The summed E-state index contributed by atoms with van der Waals surface area (Å²) in [5.74, 6) is -0.530. The van der Waals surface area contributed by atoms with Crippen LogP contribution in [0.3, 0.4) is 0 Å². The van der Waals surface area contributed by atoms with Crippen LogP contribution in [0.1, 0.15) is 23.3 Å². The summed E-state index contributed by atoms with van der Waals surface area (Å²) in [6.07, 6.45) is 5.46. The van der Waals surface area contributed by atoms with Crippen LogP contribution >= 0.6 is 11.3 Å². The van der Waals surface area contributed by atoms with Crippen LogP contribution in [0, 0.1) is 11.3 Å². The number of nitrogens with one attached hydrogen (secondary N) is 2. The first-order chi connectivity index (χ1) is 15.6. The SMILES string of the molecule is N#C/C(=C\c1cn(CC(=O)NC[C@@H]2CCCO2)c2ccccc12)C(=O)NCc1cccs1. The molecule has 0 aliphatic carbocycles. The third-order valence-corrected chi connectivity index (χ3v) is 6.23. The molecule has 164 valence electrons. The summed E-state index contributed by atoms with van der Waals surface area (Å²) in [4.78, 5) is 26.0. The Morgan fingerprint density at radius 3 is 2.88 bits per heavy atom. The van der Waals surface area contributed by atoms with Crippen molar-refractivity contribution in [1.29, 1.82) is 5.26 Å². The Morgan fingerprint density at radius 1 is 1.25 bits per heavy atom. The molecule has 0 radical (unpaired) electrons. The van der Waals surface area contributed by atoms with Crippen molar-refractivity contribution in [2.24, 2.45) is 0 Å². The largest absolute Gasteiger partial charge is 0.376 e. The molecule has 32 heavy (non-hydrogen) atoms. The lowest BCUT2D eigenvalue weighted by Gasteiger charge is -2.11. The summed E-state index contributed by atoms with van der Waals surface area (Å²) in [7, 11) is 0. The van der Waals surface area contributed by atoms with E-state index in [0.717, 1.165) is 40.8 Å². The van der Waals surface area contributed by atoms with E-state index < -0.39 is 5.91 Å². The van der Waals surface area contributed by atoms with Gasteiger partial charge in [0.05, 0.1) is 12.6 Å². The third kappa shape index (κ3) is 5.25. The summed E-state index contributed by atoms with van der Waals surface area (Å²) in [5, 5.41) is 18.1. The molecule has 3 heterocycles. The smallest absolute Gasteiger partial charge is 0.262 e. The first-order valence-electron chi connectivity index (χ1n) is 10.5. The van der Waals surface area contributed by atoms with Gasteiger partial charge in [0.1, 0.15) is 18.2 Å². The molecule has 3 aromatic rings. The molecule has 0 unspecified atom stereocenters. The lowest BCUT2D eigenvalue weighted by atomic mass is 10.1. The summed E-state index contributed by atoms with van der Waals surface area (Å²) >= 11 is 1.54. The Balaban J connectivity index is 1.49. The molecule has 0 bridgehead atoms. The number of carbonyl (C=O) groups is 2. The number of amides is 2. The molecule has 8 heteroatoms. The average molecular weight is 449 g/mol. The number of thiophene rings is 1. The zero-order valence-electron chi connectivity index (χ0n) is 17.5. The highest BCUT2D eigenvalue weighted by Gasteiger charge is 2.17. The average Bonchev–Trinajstić information content (AvgIpc) is 3.57. The Morgan fingerprint density at radius 2 is 2.12 bits per heavy atom. The van der Waals surface area contributed by atoms with E-state index in [1.807, 2.05) is 52.4 Å². The molecular weight excluding hydrogens is 424 g/mol. The van der Waals surface area contributed by atoms with Gasteiger partial charge in [0, 0.05) is 40.7 Å². The number of aromatic nitrogens is 1. The standard InChI is InChI=1S/C24H24N4O3S/c25-12-17(24(30)27-14-20-6-4-10-32-20)11-18-15-28(22-8-2-1-7-21(18)22)16-23(29)26-13-19-5-3-9-31-19/h1-2,4,6-8,10-11,15,19H,3,5,9,13-14,16H2,(H,26,29)(H,27,30)/b17-11+/t19-/m0/s1. The molecule has 7 nitrogen and oxygen atoms in total. The van der Waals surface area contributed by atoms with E-state index >= 15 is 0 Å². The predicted octanol–water partition coefficient (Wildman–Crippen LogP) is 3.22. The molecule has 2 aromatic heterocycles. The van der Waals surface area contributed by atoms with Gasteiger partial charge in [0.25, 0.3) is 5.91 Å². The van der Waals surface area contributed by atoms with Gasteiger partial charge in [-0.2, -0.15) is 5.26 Å². The number of carbonyl (C=O) groups excluding carboxylic acids is 2. The van der Waals surface area contributed by atoms with Crippen molar-refractivity contribution >= 4 is 40.1 Å². The van der Waals surface area contributed by atoms with E-state index in [1.54, 1.807) is 23.6 Å². The van der Waals surface area contributed by atoms with Crippen molar-refractivity contribution in [3.05, 3.63) is 64.0 Å². The molecular formula is C24H24N4O3S. The second-order valence-electron chi connectivity index (χ2n) is 7.60. The summed E-state index contributed by atoms with van der Waals surface area (Å²) in [6.45, 7) is 1.78. The van der Waals surface area contributed by atoms with Gasteiger partial charge in [0.15, 0.2) is 0 Å². The molecule has 2 N–H and O–H groups in total. The number of para-hydroxylation sites is 1. The van der Waals surface area contributed by atoms with Crippen molar-refractivity contribution in [3.8, 4) is 6.07 Å². The van der Waals surface area contributed by atoms with Gasteiger partial charge >= 0.3 is 0 Å². The van der Waals surface area contributed by atoms with E-state index in [-0.39, 0.29) is 24.1 Å². The minimum atomic E-state index is -0.424. The van der Waals surface area contributed by atoms with Crippen LogP contribution in [-0.4, -0.2) is 35.6 Å². The van der Waals surface area contributed by atoms with Crippen LogP contribution in [0.15, 0.2) is 53.5 Å². The highest BCUT2D eigenvalue weighted by atomic mass is 32.1. The van der Waals surface area contributed by atoms with E-state index in [0.29, 0.717) is 13.1 Å². The zero-order valence-corrected chi connectivity index (χ0v) is 18.4. The second-order valence-corrected chi connectivity index (χ2v) is 8.63. The predicted molar refractivity (Wildman–Crippen MR) is 124 cm³/mol. The van der Waals surface area contributed by atoms with Gasteiger partial charge in [-0.15, -0.1) is 11.3 Å². The molecule has 1 aliphatic heterocycles. The summed E-state index contributed by atoms with van der Waals surface area (Å²) in [5.41, 5.74) is 1.60. The van der Waals surface area contributed by atoms with Crippen LogP contribution < -0.4 is 10.6 Å². The zero-order chi connectivity index (χ0) is 22.3. The van der Waals surface area contributed by atoms with E-state index in [1.165, 1.54) is 0 Å². The number of ether oxygens (including phenoxy) is 1. The van der Waals surface area contributed by atoms with Gasteiger partial charge in [-0.05, 0) is 36.4 Å². The van der Waals surface area contributed by atoms with Gasteiger partial charge in [-0.1, -0.05) is 24.3 Å². The monoisotopic (exact) mass is 448 g/mol. The van der Waals surface area contributed by atoms with Crippen LogP contribution in [0.25, 0.3) is 17.0 Å². The number of fused-ring (bicyclic) bond motifs is 1. The molecule has 4 rings (SSSR count). The van der Waals surface area contributed by atoms with E-state index in [4.69, 9.17) is 4.74 Å². The molecule has 0 saturated carbocycles. The van der Waals surface area contributed by atoms with Crippen molar-refractivity contribution in [1.82, 2.24) is 15.2 Å². The number of hydrogen-bond acceptors (Lipinski definition) is 5. The number of hydrogen-bond donors (Lipinski definition) is 2. The normalized spacial score (nSPS) is 16.1. The maximum Gasteiger partial charge on any atom is 0.262 e. The molecule has 2 amide bonds. The molecule has 1 atom stereocenters. The Hall–Kier alpha value is -3.41. The van der Waals surface area contributed by atoms with E-state index in [9.17, 15) is 14.9 Å². The number of rotatable bonds is 8. The topological polar surface area (TPSA) is 96.2 Å². The lowest BCUT2D eigenvalue weighted by molar-refractivity contribution is -0.122. The molecule has 0 spiro atoms. The summed E-state index contributed by atoms with van der Waals surface area (Å²) < 4.78 is 7.39. The van der Waals surface area contributed by atoms with Crippen molar-refractivity contribution in [3.63, 3.8) is 0 Å². The number of nitriles is 1. The Bertz CT molecular complexity index is 1170. The van der Waals surface area contributed by atoms with Gasteiger partial charge < -0.3 is 19.9 Å². The molecule has 1 saturated heterocycles. The van der Waals surface area contributed by atoms with Crippen molar-refractivity contribution in [2.45, 2.75) is 32.0 Å². The summed E-state index contributed by atoms with van der Waals surface area (Å²) in [6, 6.07) is 13.5. The molecule has 1 aromatic carbocycles. The minimum absolute atomic E-state index is 0.0206. The minimum Gasteiger partial charge on any atom is -0.376 e. The quantitative estimate of drug-likeness (QED) is 0.409. The maximum absolute atomic E-state index is 12.5. The fourth-order valence-electron chi connectivity index (χ4n) is 3.74. The number of nitrogens with zero attached hydrogens (tertiary/aromatic N) is 2. The van der Waals surface area contributed by atoms with Gasteiger partial charge in [-0.3, -0.25) is 9.59 Å². The fourth-order valence-corrected chi connectivity index (χ4v) is 4.39. The van der Waals surface area contributed by atoms with Crippen LogP contribution in [0.5, 0.6) is 0 Å². The Labute approximate surface area is 190 Å². The fraction of sp³-hybridized carbons (Fsp3) is 0.292. The van der Waals surface area contributed by atoms with Crippen molar-refractivity contribution in [2.75, 3.05) is 13.2 Å².